The maximum atomic E-state index is 13.3. The molecule has 0 spiro atoms. The minimum Gasteiger partial charge on any atom is -0.337 e. The van der Waals surface area contributed by atoms with E-state index >= 15 is 0 Å². The number of likely N-dealkylation sites (tertiary alicyclic amines) is 1. The molecule has 0 aliphatic carbocycles. The standard InChI is InChI=1S/C21H19FN6O/c22-16-6-4-14(5-7-16)17-12-24-25-20(17)15-3-1-9-27(13-15)21(29)18-11-19-23-8-2-10-28(19)26-18/h2,4-8,10-12,15H,1,3,9,13H2,(H,24,25)/t15-/m1/s1. The number of fused-ring (bicyclic) bond motifs is 1. The highest BCUT2D eigenvalue weighted by atomic mass is 19.1. The predicted octanol–water partition coefficient (Wildman–Crippen LogP) is 3.28. The number of hydrogen-bond acceptors (Lipinski definition) is 4. The Morgan fingerprint density at radius 3 is 2.93 bits per heavy atom. The van der Waals surface area contributed by atoms with Crippen LogP contribution in [0.2, 0.25) is 0 Å². The third-order valence-electron chi connectivity index (χ3n) is 5.40. The Labute approximate surface area is 166 Å². The first-order valence-electron chi connectivity index (χ1n) is 9.58. The fourth-order valence-electron chi connectivity index (χ4n) is 3.96. The molecule has 1 aromatic carbocycles. The van der Waals surface area contributed by atoms with Gasteiger partial charge >= 0.3 is 0 Å². The molecule has 4 heterocycles. The molecule has 1 fully saturated rings. The molecule has 1 amide bonds. The van der Waals surface area contributed by atoms with Gasteiger partial charge in [-0.3, -0.25) is 9.89 Å². The number of piperidine rings is 1. The molecule has 0 unspecified atom stereocenters. The van der Waals surface area contributed by atoms with Crippen molar-refractivity contribution in [2.75, 3.05) is 13.1 Å². The summed E-state index contributed by atoms with van der Waals surface area (Å²) >= 11 is 0. The topological polar surface area (TPSA) is 79.2 Å². The lowest BCUT2D eigenvalue weighted by molar-refractivity contribution is 0.0699. The normalized spacial score (nSPS) is 17.0. The van der Waals surface area contributed by atoms with Gasteiger partial charge in [0.15, 0.2) is 11.3 Å². The molecule has 1 saturated heterocycles. The summed E-state index contributed by atoms with van der Waals surface area (Å²) in [6.45, 7) is 1.27. The van der Waals surface area contributed by atoms with Crippen LogP contribution in [0, 0.1) is 5.82 Å². The fourth-order valence-corrected chi connectivity index (χ4v) is 3.96. The van der Waals surface area contributed by atoms with E-state index in [-0.39, 0.29) is 17.6 Å². The van der Waals surface area contributed by atoms with E-state index in [9.17, 15) is 9.18 Å². The van der Waals surface area contributed by atoms with Gasteiger partial charge in [0.2, 0.25) is 0 Å². The number of carbonyl (C=O) groups is 1. The SMILES string of the molecule is O=C(c1cc2ncccn2n1)N1CCC[C@@H](c2[nH]ncc2-c2ccc(F)cc2)C1. The summed E-state index contributed by atoms with van der Waals surface area (Å²) in [6.07, 6.45) is 7.06. The molecule has 146 valence electrons. The van der Waals surface area contributed by atoms with Crippen LogP contribution >= 0.6 is 0 Å². The number of nitrogens with one attached hydrogen (secondary N) is 1. The largest absolute Gasteiger partial charge is 0.337 e. The van der Waals surface area contributed by atoms with Crippen LogP contribution in [0.15, 0.2) is 55.0 Å². The molecule has 7 nitrogen and oxygen atoms in total. The summed E-state index contributed by atoms with van der Waals surface area (Å²) in [4.78, 5) is 19.1. The second-order valence-electron chi connectivity index (χ2n) is 7.25. The minimum absolute atomic E-state index is 0.0944. The Morgan fingerprint density at radius 1 is 1.24 bits per heavy atom. The molecule has 1 N–H and O–H groups in total. The molecule has 0 bridgehead atoms. The highest BCUT2D eigenvalue weighted by Crippen LogP contribution is 2.33. The van der Waals surface area contributed by atoms with Gasteiger partial charge in [-0.05, 0) is 36.6 Å². The molecule has 0 saturated carbocycles. The third-order valence-corrected chi connectivity index (χ3v) is 5.40. The van der Waals surface area contributed by atoms with Gasteiger partial charge in [0.1, 0.15) is 5.82 Å². The van der Waals surface area contributed by atoms with E-state index in [4.69, 9.17) is 0 Å². The van der Waals surface area contributed by atoms with Crippen LogP contribution < -0.4 is 0 Å². The molecular weight excluding hydrogens is 371 g/mol. The van der Waals surface area contributed by atoms with Gasteiger partial charge in [-0.1, -0.05) is 12.1 Å². The lowest BCUT2D eigenvalue weighted by atomic mass is 9.90. The zero-order chi connectivity index (χ0) is 19.8. The van der Waals surface area contributed by atoms with Crippen molar-refractivity contribution in [1.29, 1.82) is 0 Å². The summed E-state index contributed by atoms with van der Waals surface area (Å²) in [5.74, 6) is -0.233. The quantitative estimate of drug-likeness (QED) is 0.582. The molecule has 1 atom stereocenters. The maximum Gasteiger partial charge on any atom is 0.274 e. The average molecular weight is 390 g/mol. The summed E-state index contributed by atoms with van der Waals surface area (Å²) in [7, 11) is 0. The zero-order valence-electron chi connectivity index (χ0n) is 15.6. The maximum absolute atomic E-state index is 13.3. The van der Waals surface area contributed by atoms with E-state index in [0.29, 0.717) is 24.4 Å². The van der Waals surface area contributed by atoms with Crippen molar-refractivity contribution < 1.29 is 9.18 Å². The second-order valence-corrected chi connectivity index (χ2v) is 7.25. The van der Waals surface area contributed by atoms with Gasteiger partial charge < -0.3 is 4.90 Å². The van der Waals surface area contributed by atoms with Crippen molar-refractivity contribution in [3.8, 4) is 11.1 Å². The van der Waals surface area contributed by atoms with Crippen molar-refractivity contribution in [2.24, 2.45) is 0 Å². The molecule has 0 radical (unpaired) electrons. The number of aromatic amines is 1. The number of halogens is 1. The van der Waals surface area contributed by atoms with Crippen LogP contribution in [0.4, 0.5) is 4.39 Å². The van der Waals surface area contributed by atoms with Crippen molar-refractivity contribution >= 4 is 11.6 Å². The summed E-state index contributed by atoms with van der Waals surface area (Å²) in [5, 5.41) is 11.7. The van der Waals surface area contributed by atoms with Crippen molar-refractivity contribution in [1.82, 2.24) is 29.7 Å². The Hall–Kier alpha value is -3.55. The smallest absolute Gasteiger partial charge is 0.274 e. The first-order chi connectivity index (χ1) is 14.2. The summed E-state index contributed by atoms with van der Waals surface area (Å²) in [5.41, 5.74) is 3.88. The van der Waals surface area contributed by atoms with Crippen LogP contribution in [0.3, 0.4) is 0 Å². The number of hydrogen-bond donors (Lipinski definition) is 1. The van der Waals surface area contributed by atoms with Crippen LogP contribution in [-0.4, -0.2) is 48.7 Å². The molecular formula is C21H19FN6O. The van der Waals surface area contributed by atoms with Crippen LogP contribution in [0.1, 0.15) is 34.9 Å². The third kappa shape index (κ3) is 3.26. The molecule has 29 heavy (non-hydrogen) atoms. The van der Waals surface area contributed by atoms with Gasteiger partial charge in [0.25, 0.3) is 5.91 Å². The molecule has 1 aliphatic heterocycles. The lowest BCUT2D eigenvalue weighted by Gasteiger charge is -2.32. The Kier molecular flexibility index (Phi) is 4.31. The van der Waals surface area contributed by atoms with E-state index in [2.05, 4.69) is 20.3 Å². The lowest BCUT2D eigenvalue weighted by Crippen LogP contribution is -2.39. The second kappa shape index (κ2) is 7.12. The number of rotatable bonds is 3. The monoisotopic (exact) mass is 390 g/mol. The molecule has 5 rings (SSSR count). The summed E-state index contributed by atoms with van der Waals surface area (Å²) < 4.78 is 14.9. The van der Waals surface area contributed by atoms with Gasteiger partial charge in [-0.2, -0.15) is 10.2 Å². The van der Waals surface area contributed by atoms with Gasteiger partial charge in [0, 0.05) is 48.7 Å². The van der Waals surface area contributed by atoms with E-state index in [1.165, 1.54) is 12.1 Å². The minimum atomic E-state index is -0.268. The number of amides is 1. The van der Waals surface area contributed by atoms with E-state index in [1.54, 1.807) is 47.4 Å². The Morgan fingerprint density at radius 2 is 2.10 bits per heavy atom. The summed E-state index contributed by atoms with van der Waals surface area (Å²) in [6, 6.07) is 9.88. The van der Waals surface area contributed by atoms with Gasteiger partial charge in [0.05, 0.1) is 6.20 Å². The average Bonchev–Trinajstić information content (AvgIpc) is 3.41. The number of aromatic nitrogens is 5. The Balaban J connectivity index is 1.39. The molecule has 3 aromatic heterocycles. The predicted molar refractivity (Wildman–Crippen MR) is 105 cm³/mol. The highest BCUT2D eigenvalue weighted by Gasteiger charge is 2.29. The zero-order valence-corrected chi connectivity index (χ0v) is 15.6. The van der Waals surface area contributed by atoms with E-state index in [1.807, 2.05) is 4.90 Å². The van der Waals surface area contributed by atoms with Gasteiger partial charge in [-0.15, -0.1) is 0 Å². The van der Waals surface area contributed by atoms with Gasteiger partial charge in [-0.25, -0.2) is 13.9 Å². The number of nitrogens with zero attached hydrogens (tertiary/aromatic N) is 5. The first-order valence-corrected chi connectivity index (χ1v) is 9.58. The van der Waals surface area contributed by atoms with Crippen molar-refractivity contribution in [3.05, 3.63) is 72.2 Å². The van der Waals surface area contributed by atoms with Crippen molar-refractivity contribution in [3.63, 3.8) is 0 Å². The molecule has 8 heteroatoms. The highest BCUT2D eigenvalue weighted by molar-refractivity contribution is 5.93. The molecule has 4 aromatic rings. The van der Waals surface area contributed by atoms with Crippen molar-refractivity contribution in [2.45, 2.75) is 18.8 Å². The molecule has 1 aliphatic rings. The van der Waals surface area contributed by atoms with E-state index in [0.717, 1.165) is 29.7 Å². The fraction of sp³-hybridized carbons (Fsp3) is 0.238. The number of benzene rings is 1. The van der Waals surface area contributed by atoms with Crippen LogP contribution in [-0.2, 0) is 0 Å². The van der Waals surface area contributed by atoms with Crippen LogP contribution in [0.25, 0.3) is 16.8 Å². The van der Waals surface area contributed by atoms with Crippen LogP contribution in [0.5, 0.6) is 0 Å². The van der Waals surface area contributed by atoms with E-state index < -0.39 is 0 Å². The Bertz CT molecular complexity index is 1130. The number of H-pyrrole nitrogens is 1. The number of carbonyl (C=O) groups excluding carboxylic acids is 1. The first kappa shape index (κ1) is 17.5.